The van der Waals surface area contributed by atoms with Crippen molar-refractivity contribution in [3.63, 3.8) is 0 Å². The molecule has 0 amide bonds. The molecule has 2 heterocycles. The van der Waals surface area contributed by atoms with Crippen molar-refractivity contribution in [3.05, 3.63) is 59.5 Å². The van der Waals surface area contributed by atoms with Crippen LogP contribution in [0.4, 0.5) is 0 Å². The Morgan fingerprint density at radius 3 is 2.40 bits per heavy atom. The average molecular weight is 270 g/mol. The second-order valence-corrected chi connectivity index (χ2v) is 5.37. The van der Waals surface area contributed by atoms with E-state index in [4.69, 9.17) is 4.42 Å². The summed E-state index contributed by atoms with van der Waals surface area (Å²) in [5, 5.41) is 3.44. The fourth-order valence-corrected chi connectivity index (χ4v) is 2.80. The van der Waals surface area contributed by atoms with Crippen LogP contribution in [-0.2, 0) is 19.4 Å². The van der Waals surface area contributed by atoms with Gasteiger partial charge in [0, 0.05) is 26.2 Å². The summed E-state index contributed by atoms with van der Waals surface area (Å²) in [4.78, 5) is 2.55. The molecule has 0 fully saturated rings. The van der Waals surface area contributed by atoms with E-state index in [-0.39, 0.29) is 0 Å². The van der Waals surface area contributed by atoms with E-state index >= 15 is 0 Å². The molecular formula is C17H22N2O. The van der Waals surface area contributed by atoms with Gasteiger partial charge in [-0.1, -0.05) is 24.3 Å². The van der Waals surface area contributed by atoms with Crippen molar-refractivity contribution in [2.75, 3.05) is 26.2 Å². The molecule has 1 N–H and O–H groups in total. The fraction of sp³-hybridized carbons (Fsp3) is 0.412. The van der Waals surface area contributed by atoms with Crippen LogP contribution in [0.25, 0.3) is 0 Å². The lowest BCUT2D eigenvalue weighted by molar-refractivity contribution is 0.285. The van der Waals surface area contributed by atoms with Gasteiger partial charge in [0.25, 0.3) is 0 Å². The minimum atomic E-state index is 0.821. The number of hydrogen-bond donors (Lipinski definition) is 1. The Kier molecular flexibility index (Phi) is 4.51. The second kappa shape index (κ2) is 6.73. The Bertz CT molecular complexity index is 495. The Morgan fingerprint density at radius 2 is 1.75 bits per heavy atom. The van der Waals surface area contributed by atoms with Crippen LogP contribution in [0.5, 0.6) is 0 Å². The summed E-state index contributed by atoms with van der Waals surface area (Å²) in [6.45, 7) is 5.27. The smallest absolute Gasteiger partial charge is 0.117 e. The predicted octanol–water partition coefficient (Wildman–Crippen LogP) is 2.47. The maximum atomic E-state index is 5.31. The molecule has 0 radical (unpaired) electrons. The Morgan fingerprint density at radius 1 is 1.00 bits per heavy atom. The van der Waals surface area contributed by atoms with Crippen molar-refractivity contribution >= 4 is 0 Å². The van der Waals surface area contributed by atoms with E-state index in [1.54, 1.807) is 6.26 Å². The van der Waals surface area contributed by atoms with Crippen molar-refractivity contribution in [1.82, 2.24) is 10.2 Å². The minimum Gasteiger partial charge on any atom is -0.468 e. The molecule has 20 heavy (non-hydrogen) atoms. The third kappa shape index (κ3) is 3.50. The topological polar surface area (TPSA) is 28.4 Å². The number of hydrogen-bond acceptors (Lipinski definition) is 3. The van der Waals surface area contributed by atoms with E-state index in [1.165, 1.54) is 37.1 Å². The van der Waals surface area contributed by atoms with Crippen LogP contribution in [0, 0.1) is 0 Å². The van der Waals surface area contributed by atoms with Gasteiger partial charge in [0.2, 0.25) is 0 Å². The molecule has 106 valence electrons. The van der Waals surface area contributed by atoms with Gasteiger partial charge in [0.15, 0.2) is 0 Å². The van der Waals surface area contributed by atoms with E-state index in [9.17, 15) is 0 Å². The highest BCUT2D eigenvalue weighted by molar-refractivity contribution is 5.28. The average Bonchev–Trinajstić information content (AvgIpc) is 2.91. The van der Waals surface area contributed by atoms with Crippen molar-refractivity contribution in [1.29, 1.82) is 0 Å². The molecule has 1 aliphatic rings. The summed E-state index contributed by atoms with van der Waals surface area (Å²) < 4.78 is 5.31. The van der Waals surface area contributed by atoms with Crippen LogP contribution in [-0.4, -0.2) is 31.1 Å². The summed E-state index contributed by atoms with van der Waals surface area (Å²) in [6, 6.07) is 12.8. The zero-order valence-corrected chi connectivity index (χ0v) is 11.8. The third-order valence-corrected chi connectivity index (χ3v) is 4.00. The van der Waals surface area contributed by atoms with Crippen LogP contribution in [0.15, 0.2) is 47.1 Å². The summed E-state index contributed by atoms with van der Waals surface area (Å²) in [5.41, 5.74) is 3.05. The summed E-state index contributed by atoms with van der Waals surface area (Å²) in [7, 11) is 0. The lowest BCUT2D eigenvalue weighted by atomic mass is 10.0. The van der Waals surface area contributed by atoms with Gasteiger partial charge in [-0.25, -0.2) is 0 Å². The molecule has 1 aromatic heterocycles. The van der Waals surface area contributed by atoms with Crippen molar-refractivity contribution < 1.29 is 4.42 Å². The van der Waals surface area contributed by atoms with E-state index in [1.807, 2.05) is 12.1 Å². The molecule has 0 unspecified atom stereocenters. The van der Waals surface area contributed by atoms with E-state index in [2.05, 4.69) is 34.5 Å². The first-order valence-electron chi connectivity index (χ1n) is 7.44. The highest BCUT2D eigenvalue weighted by Gasteiger charge is 2.12. The molecule has 3 rings (SSSR count). The first-order valence-corrected chi connectivity index (χ1v) is 7.44. The fourth-order valence-electron chi connectivity index (χ4n) is 2.80. The molecule has 2 aromatic rings. The second-order valence-electron chi connectivity index (χ2n) is 5.37. The molecule has 0 aliphatic carbocycles. The maximum Gasteiger partial charge on any atom is 0.117 e. The molecule has 3 heteroatoms. The molecule has 0 saturated carbocycles. The lowest BCUT2D eigenvalue weighted by Crippen LogP contribution is -2.33. The molecule has 3 nitrogen and oxygen atoms in total. The van der Waals surface area contributed by atoms with E-state index < -0.39 is 0 Å². The normalized spacial score (nSPS) is 15.8. The van der Waals surface area contributed by atoms with Crippen LogP contribution < -0.4 is 5.32 Å². The Labute approximate surface area is 120 Å². The lowest BCUT2D eigenvalue weighted by Gasteiger charge is -2.19. The quantitative estimate of drug-likeness (QED) is 0.846. The molecule has 0 spiro atoms. The minimum absolute atomic E-state index is 0.821. The molecule has 0 saturated heterocycles. The standard InChI is InChI=1S/C17H22N2O/c1-2-5-16-8-11-19(10-7-15(16)4-1)12-9-18-14-17-6-3-13-20-17/h1-6,13,18H,7-12,14H2. The van der Waals surface area contributed by atoms with Crippen molar-refractivity contribution in [2.45, 2.75) is 19.4 Å². The molecular weight excluding hydrogens is 248 g/mol. The summed E-state index contributed by atoms with van der Waals surface area (Å²) in [5.74, 6) is 1.01. The SMILES string of the molecule is c1coc(CNCCN2CCc3ccccc3CC2)c1. The summed E-state index contributed by atoms with van der Waals surface area (Å²) in [6.07, 6.45) is 4.08. The number of nitrogens with one attached hydrogen (secondary N) is 1. The van der Waals surface area contributed by atoms with Gasteiger partial charge in [0.05, 0.1) is 12.8 Å². The largest absolute Gasteiger partial charge is 0.468 e. The number of benzene rings is 1. The Hall–Kier alpha value is -1.58. The number of furan rings is 1. The summed E-state index contributed by atoms with van der Waals surface area (Å²) >= 11 is 0. The van der Waals surface area contributed by atoms with E-state index in [0.717, 1.165) is 25.4 Å². The highest BCUT2D eigenvalue weighted by atomic mass is 16.3. The molecule has 1 aliphatic heterocycles. The Balaban J connectivity index is 1.41. The molecule has 1 aromatic carbocycles. The first kappa shape index (κ1) is 13.4. The third-order valence-electron chi connectivity index (χ3n) is 4.00. The monoisotopic (exact) mass is 270 g/mol. The van der Waals surface area contributed by atoms with Crippen molar-refractivity contribution in [2.24, 2.45) is 0 Å². The van der Waals surface area contributed by atoms with Gasteiger partial charge in [-0.3, -0.25) is 0 Å². The van der Waals surface area contributed by atoms with Gasteiger partial charge in [-0.05, 0) is 36.1 Å². The van der Waals surface area contributed by atoms with Crippen LogP contribution in [0.3, 0.4) is 0 Å². The van der Waals surface area contributed by atoms with Crippen LogP contribution in [0.1, 0.15) is 16.9 Å². The van der Waals surface area contributed by atoms with Gasteiger partial charge in [0.1, 0.15) is 5.76 Å². The number of fused-ring (bicyclic) bond motifs is 1. The van der Waals surface area contributed by atoms with E-state index in [0.29, 0.717) is 0 Å². The first-order chi connectivity index (χ1) is 9.92. The zero-order valence-electron chi connectivity index (χ0n) is 11.8. The van der Waals surface area contributed by atoms with Crippen molar-refractivity contribution in [3.8, 4) is 0 Å². The molecule has 0 bridgehead atoms. The van der Waals surface area contributed by atoms with Crippen LogP contribution in [0.2, 0.25) is 0 Å². The van der Waals surface area contributed by atoms with Gasteiger partial charge >= 0.3 is 0 Å². The number of nitrogens with zero attached hydrogens (tertiary/aromatic N) is 1. The van der Waals surface area contributed by atoms with Gasteiger partial charge in [-0.15, -0.1) is 0 Å². The maximum absolute atomic E-state index is 5.31. The predicted molar refractivity (Wildman–Crippen MR) is 80.7 cm³/mol. The highest BCUT2D eigenvalue weighted by Crippen LogP contribution is 2.15. The van der Waals surface area contributed by atoms with Gasteiger partial charge < -0.3 is 14.6 Å². The van der Waals surface area contributed by atoms with Gasteiger partial charge in [-0.2, -0.15) is 0 Å². The zero-order chi connectivity index (χ0) is 13.6. The molecule has 0 atom stereocenters. The van der Waals surface area contributed by atoms with Crippen LogP contribution >= 0.6 is 0 Å². The number of rotatable bonds is 5.